The van der Waals surface area contributed by atoms with Crippen LogP contribution in [-0.2, 0) is 4.74 Å². The summed E-state index contributed by atoms with van der Waals surface area (Å²) in [6.07, 6.45) is 0. The number of carbonyl (C=O) groups is 1. The Morgan fingerprint density at radius 3 is 2.87 bits per heavy atom. The molecule has 0 aliphatic heterocycles. The summed E-state index contributed by atoms with van der Waals surface area (Å²) in [7, 11) is 2.85. The summed E-state index contributed by atoms with van der Waals surface area (Å²) in [5.74, 6) is 0.133. The van der Waals surface area contributed by atoms with E-state index in [1.54, 1.807) is 25.3 Å². The first-order valence-electron chi connectivity index (χ1n) is 4.28. The van der Waals surface area contributed by atoms with Crippen LogP contribution in [0.2, 0.25) is 0 Å². The number of hydrogen-bond acceptors (Lipinski definition) is 5. The quantitative estimate of drug-likeness (QED) is 0.700. The van der Waals surface area contributed by atoms with Crippen molar-refractivity contribution >= 4 is 16.9 Å². The van der Waals surface area contributed by atoms with Crippen molar-refractivity contribution in [3.63, 3.8) is 0 Å². The predicted octanol–water partition coefficient (Wildman–Crippen LogP) is 1.62. The van der Waals surface area contributed by atoms with Gasteiger partial charge in [0.2, 0.25) is 0 Å². The average molecular weight is 207 g/mol. The Hall–Kier alpha value is -2.04. The summed E-state index contributed by atoms with van der Waals surface area (Å²) in [5.41, 5.74) is 0.671. The fraction of sp³-hybridized carbons (Fsp3) is 0.200. The number of methoxy groups -OCH3 is 2. The average Bonchev–Trinajstić information content (AvgIpc) is 2.70. The Morgan fingerprint density at radius 2 is 2.20 bits per heavy atom. The molecular weight excluding hydrogens is 198 g/mol. The van der Waals surface area contributed by atoms with Gasteiger partial charge in [0.05, 0.1) is 19.6 Å². The molecule has 0 unspecified atom stereocenters. The molecule has 5 nitrogen and oxygen atoms in total. The van der Waals surface area contributed by atoms with E-state index >= 15 is 0 Å². The van der Waals surface area contributed by atoms with E-state index < -0.39 is 5.97 Å². The third-order valence-corrected chi connectivity index (χ3v) is 2.06. The van der Waals surface area contributed by atoms with Crippen LogP contribution in [0.25, 0.3) is 11.0 Å². The number of nitrogens with zero attached hydrogens (tertiary/aromatic N) is 1. The molecule has 1 heterocycles. The first-order valence-corrected chi connectivity index (χ1v) is 4.28. The minimum atomic E-state index is -0.515. The van der Waals surface area contributed by atoms with Crippen LogP contribution < -0.4 is 4.74 Å². The number of carbonyl (C=O) groups excluding carboxylic acids is 1. The zero-order valence-corrected chi connectivity index (χ0v) is 8.31. The largest absolute Gasteiger partial charge is 0.497 e. The fourth-order valence-electron chi connectivity index (χ4n) is 1.29. The highest BCUT2D eigenvalue weighted by Crippen LogP contribution is 2.23. The van der Waals surface area contributed by atoms with Crippen LogP contribution >= 0.6 is 0 Å². The maximum Gasteiger partial charge on any atom is 0.360 e. The number of aromatic nitrogens is 1. The van der Waals surface area contributed by atoms with E-state index in [0.29, 0.717) is 16.7 Å². The van der Waals surface area contributed by atoms with E-state index in [9.17, 15) is 4.79 Å². The molecule has 0 aliphatic rings. The van der Waals surface area contributed by atoms with Crippen molar-refractivity contribution in [2.45, 2.75) is 0 Å². The van der Waals surface area contributed by atoms with Crippen molar-refractivity contribution in [1.29, 1.82) is 0 Å². The van der Waals surface area contributed by atoms with Crippen LogP contribution in [0.5, 0.6) is 5.75 Å². The van der Waals surface area contributed by atoms with Gasteiger partial charge in [-0.05, 0) is 12.1 Å². The Kier molecular flexibility index (Phi) is 2.29. The van der Waals surface area contributed by atoms with Gasteiger partial charge in [0.15, 0.2) is 11.3 Å². The summed E-state index contributed by atoms with van der Waals surface area (Å²) >= 11 is 0. The molecular formula is C10H9NO4. The summed E-state index contributed by atoms with van der Waals surface area (Å²) < 4.78 is 14.6. The topological polar surface area (TPSA) is 61.6 Å². The minimum Gasteiger partial charge on any atom is -0.497 e. The Balaban J connectivity index is 2.57. The summed E-state index contributed by atoms with van der Waals surface area (Å²) in [5, 5.41) is 4.25. The predicted molar refractivity (Wildman–Crippen MR) is 51.9 cm³/mol. The molecule has 0 N–H and O–H groups in total. The van der Waals surface area contributed by atoms with Crippen LogP contribution in [-0.4, -0.2) is 25.3 Å². The fourth-order valence-corrected chi connectivity index (χ4v) is 1.29. The molecule has 2 rings (SSSR count). The molecule has 0 atom stereocenters. The third-order valence-electron chi connectivity index (χ3n) is 2.06. The molecule has 0 saturated heterocycles. The van der Waals surface area contributed by atoms with Gasteiger partial charge in [0, 0.05) is 6.07 Å². The zero-order valence-electron chi connectivity index (χ0n) is 8.31. The van der Waals surface area contributed by atoms with Crippen LogP contribution in [0.3, 0.4) is 0 Å². The lowest BCUT2D eigenvalue weighted by molar-refractivity contribution is 0.0591. The highest BCUT2D eigenvalue weighted by molar-refractivity contribution is 6.01. The van der Waals surface area contributed by atoms with Crippen molar-refractivity contribution in [1.82, 2.24) is 5.16 Å². The minimum absolute atomic E-state index is 0.176. The molecule has 0 radical (unpaired) electrons. The van der Waals surface area contributed by atoms with Gasteiger partial charge in [-0.1, -0.05) is 5.16 Å². The van der Waals surface area contributed by atoms with Crippen LogP contribution in [0, 0.1) is 0 Å². The van der Waals surface area contributed by atoms with Gasteiger partial charge < -0.3 is 14.0 Å². The maximum atomic E-state index is 11.3. The third kappa shape index (κ3) is 1.52. The zero-order chi connectivity index (χ0) is 10.8. The second-order valence-corrected chi connectivity index (χ2v) is 2.88. The summed E-state index contributed by atoms with van der Waals surface area (Å²) in [6.45, 7) is 0. The van der Waals surface area contributed by atoms with Crippen molar-refractivity contribution in [3.05, 3.63) is 23.9 Å². The number of ether oxygens (including phenoxy) is 2. The van der Waals surface area contributed by atoms with E-state index in [0.717, 1.165) is 0 Å². The molecule has 0 amide bonds. The molecule has 0 fully saturated rings. The Bertz CT molecular complexity index is 503. The lowest BCUT2D eigenvalue weighted by atomic mass is 10.2. The molecule has 78 valence electrons. The molecule has 1 aromatic heterocycles. The highest BCUT2D eigenvalue weighted by Gasteiger charge is 2.16. The van der Waals surface area contributed by atoms with Crippen molar-refractivity contribution < 1.29 is 18.8 Å². The maximum absolute atomic E-state index is 11.3. The molecule has 0 aliphatic carbocycles. The van der Waals surface area contributed by atoms with Crippen molar-refractivity contribution in [2.75, 3.05) is 14.2 Å². The van der Waals surface area contributed by atoms with Gasteiger partial charge in [0.1, 0.15) is 5.75 Å². The normalized spacial score (nSPS) is 10.3. The van der Waals surface area contributed by atoms with Gasteiger partial charge in [-0.25, -0.2) is 4.79 Å². The smallest absolute Gasteiger partial charge is 0.360 e. The SMILES string of the molecule is COC(=O)c1noc2cc(OC)ccc12. The monoisotopic (exact) mass is 207 g/mol. The number of esters is 1. The van der Waals surface area contributed by atoms with Gasteiger partial charge in [-0.2, -0.15) is 0 Å². The molecule has 1 aromatic carbocycles. The first kappa shape index (κ1) is 9.51. The van der Waals surface area contributed by atoms with Gasteiger partial charge in [0.25, 0.3) is 0 Å². The molecule has 0 bridgehead atoms. The lowest BCUT2D eigenvalue weighted by Gasteiger charge is -1.97. The number of fused-ring (bicyclic) bond motifs is 1. The van der Waals surface area contributed by atoms with E-state index in [2.05, 4.69) is 9.89 Å². The molecule has 15 heavy (non-hydrogen) atoms. The second-order valence-electron chi connectivity index (χ2n) is 2.88. The van der Waals surface area contributed by atoms with E-state index in [4.69, 9.17) is 9.26 Å². The van der Waals surface area contributed by atoms with Crippen LogP contribution in [0.4, 0.5) is 0 Å². The molecule has 0 spiro atoms. The molecule has 2 aromatic rings. The van der Waals surface area contributed by atoms with Crippen LogP contribution in [0.1, 0.15) is 10.5 Å². The van der Waals surface area contributed by atoms with Gasteiger partial charge in [-0.3, -0.25) is 0 Å². The Morgan fingerprint density at radius 1 is 1.40 bits per heavy atom. The van der Waals surface area contributed by atoms with Crippen molar-refractivity contribution in [3.8, 4) is 5.75 Å². The number of hydrogen-bond donors (Lipinski definition) is 0. The molecule has 0 saturated carbocycles. The number of benzene rings is 1. The van der Waals surface area contributed by atoms with E-state index in [-0.39, 0.29) is 5.69 Å². The second kappa shape index (κ2) is 3.61. The lowest BCUT2D eigenvalue weighted by Crippen LogP contribution is -2.01. The molecule has 5 heteroatoms. The first-order chi connectivity index (χ1) is 7.26. The highest BCUT2D eigenvalue weighted by atomic mass is 16.5. The summed E-state index contributed by atoms with van der Waals surface area (Å²) in [4.78, 5) is 11.3. The van der Waals surface area contributed by atoms with Crippen LogP contribution in [0.15, 0.2) is 22.7 Å². The van der Waals surface area contributed by atoms with E-state index in [1.807, 2.05) is 0 Å². The van der Waals surface area contributed by atoms with Gasteiger partial charge >= 0.3 is 5.97 Å². The number of rotatable bonds is 2. The standard InChI is InChI=1S/C10H9NO4/c1-13-6-3-4-7-8(5-6)15-11-9(7)10(12)14-2/h3-5H,1-2H3. The Labute approximate surface area is 85.6 Å². The van der Waals surface area contributed by atoms with Gasteiger partial charge in [-0.15, -0.1) is 0 Å². The summed E-state index contributed by atoms with van der Waals surface area (Å²) in [6, 6.07) is 5.09. The van der Waals surface area contributed by atoms with Crippen molar-refractivity contribution in [2.24, 2.45) is 0 Å². The van der Waals surface area contributed by atoms with E-state index in [1.165, 1.54) is 7.11 Å².